The summed E-state index contributed by atoms with van der Waals surface area (Å²) >= 11 is 0. The lowest BCUT2D eigenvalue weighted by Gasteiger charge is -2.36. The van der Waals surface area contributed by atoms with Gasteiger partial charge in [0.25, 0.3) is 0 Å². The average Bonchev–Trinajstić information content (AvgIpc) is 2.17. The molecule has 2 rings (SSSR count). The molecule has 0 unspecified atom stereocenters. The van der Waals surface area contributed by atoms with Crippen LogP contribution in [0.25, 0.3) is 0 Å². The van der Waals surface area contributed by atoms with Gasteiger partial charge in [0.15, 0.2) is 0 Å². The summed E-state index contributed by atoms with van der Waals surface area (Å²) in [4.78, 5) is 0. The first-order chi connectivity index (χ1) is 6.88. The van der Waals surface area contributed by atoms with Crippen molar-refractivity contribution < 1.29 is 9.47 Å². The van der Waals surface area contributed by atoms with Gasteiger partial charge in [0.1, 0.15) is 0 Å². The minimum atomic E-state index is 0.523. The largest absolute Gasteiger partial charge is 0.381 e. The fraction of sp³-hybridized carbons (Fsp3) is 1.00. The van der Waals surface area contributed by atoms with Crippen molar-refractivity contribution in [3.05, 3.63) is 0 Å². The Kier molecular flexibility index (Phi) is 3.79. The molecule has 0 aromatic heterocycles. The lowest BCUT2D eigenvalue weighted by molar-refractivity contribution is -0.0496. The Bertz CT molecular complexity index is 163. The van der Waals surface area contributed by atoms with E-state index in [1.54, 1.807) is 0 Å². The third-order valence-electron chi connectivity index (χ3n) is 3.41. The first kappa shape index (κ1) is 10.4. The van der Waals surface area contributed by atoms with Crippen LogP contribution in [0.4, 0.5) is 0 Å². The molecule has 1 saturated heterocycles. The van der Waals surface area contributed by atoms with E-state index < -0.39 is 0 Å². The van der Waals surface area contributed by atoms with Crippen molar-refractivity contribution >= 4 is 0 Å². The Labute approximate surface area is 86.2 Å². The van der Waals surface area contributed by atoms with E-state index in [4.69, 9.17) is 9.47 Å². The van der Waals surface area contributed by atoms with Gasteiger partial charge >= 0.3 is 0 Å². The summed E-state index contributed by atoms with van der Waals surface area (Å²) in [6.45, 7) is 2.81. The van der Waals surface area contributed by atoms with Crippen LogP contribution in [0.1, 0.15) is 25.7 Å². The summed E-state index contributed by atoms with van der Waals surface area (Å²) < 4.78 is 11.2. The molecule has 0 aromatic carbocycles. The number of nitrogens with one attached hydrogen (secondary N) is 1. The van der Waals surface area contributed by atoms with Gasteiger partial charge in [0.2, 0.25) is 0 Å². The quantitative estimate of drug-likeness (QED) is 0.737. The third kappa shape index (κ3) is 2.69. The molecule has 0 amide bonds. The molecule has 1 heterocycles. The molecular formula is C11H21NO2. The van der Waals surface area contributed by atoms with Crippen molar-refractivity contribution in [2.75, 3.05) is 26.9 Å². The van der Waals surface area contributed by atoms with Crippen LogP contribution in [-0.4, -0.2) is 39.0 Å². The van der Waals surface area contributed by atoms with E-state index in [1.807, 2.05) is 7.05 Å². The highest BCUT2D eigenvalue weighted by atomic mass is 16.5. The Balaban J connectivity index is 1.54. The maximum absolute atomic E-state index is 5.85. The smallest absolute Gasteiger partial charge is 0.0605 e. The van der Waals surface area contributed by atoms with Gasteiger partial charge in [0.05, 0.1) is 6.10 Å². The van der Waals surface area contributed by atoms with Gasteiger partial charge in [-0.3, -0.25) is 0 Å². The summed E-state index contributed by atoms with van der Waals surface area (Å²) in [6.07, 6.45) is 5.28. The number of ether oxygens (including phenoxy) is 2. The molecule has 1 aliphatic heterocycles. The van der Waals surface area contributed by atoms with Gasteiger partial charge in [-0.25, -0.2) is 0 Å². The van der Waals surface area contributed by atoms with E-state index in [-0.39, 0.29) is 0 Å². The molecule has 2 aliphatic rings. The molecule has 0 bridgehead atoms. The fourth-order valence-corrected chi connectivity index (χ4v) is 2.12. The van der Waals surface area contributed by atoms with Crippen molar-refractivity contribution in [3.8, 4) is 0 Å². The van der Waals surface area contributed by atoms with E-state index in [0.29, 0.717) is 12.1 Å². The summed E-state index contributed by atoms with van der Waals surface area (Å²) in [7, 11) is 2.03. The van der Waals surface area contributed by atoms with Crippen LogP contribution in [0.5, 0.6) is 0 Å². The molecule has 0 aromatic rings. The Morgan fingerprint density at radius 2 is 2.00 bits per heavy atom. The molecule has 1 saturated carbocycles. The second-order valence-corrected chi connectivity index (χ2v) is 4.47. The van der Waals surface area contributed by atoms with Crippen molar-refractivity contribution in [1.82, 2.24) is 5.32 Å². The van der Waals surface area contributed by atoms with Gasteiger partial charge < -0.3 is 14.8 Å². The highest BCUT2D eigenvalue weighted by molar-refractivity contribution is 4.85. The van der Waals surface area contributed by atoms with Crippen LogP contribution >= 0.6 is 0 Å². The summed E-state index contributed by atoms with van der Waals surface area (Å²) in [5, 5.41) is 3.27. The van der Waals surface area contributed by atoms with E-state index in [1.165, 1.54) is 25.7 Å². The van der Waals surface area contributed by atoms with Crippen LogP contribution in [0.2, 0.25) is 0 Å². The first-order valence-corrected chi connectivity index (χ1v) is 5.75. The average molecular weight is 199 g/mol. The highest BCUT2D eigenvalue weighted by Crippen LogP contribution is 2.25. The number of hydrogen-bond donors (Lipinski definition) is 1. The Morgan fingerprint density at radius 3 is 2.64 bits per heavy atom. The maximum atomic E-state index is 5.85. The highest BCUT2D eigenvalue weighted by Gasteiger charge is 2.29. The maximum Gasteiger partial charge on any atom is 0.0605 e. The summed E-state index contributed by atoms with van der Waals surface area (Å²) in [6, 6.07) is 0.703. The van der Waals surface area contributed by atoms with Crippen molar-refractivity contribution in [2.24, 2.45) is 5.92 Å². The third-order valence-corrected chi connectivity index (χ3v) is 3.41. The lowest BCUT2D eigenvalue weighted by atomic mass is 9.89. The lowest BCUT2D eigenvalue weighted by Crippen LogP contribution is -2.44. The zero-order valence-corrected chi connectivity index (χ0v) is 9.00. The molecule has 82 valence electrons. The predicted octanol–water partition coefficient (Wildman–Crippen LogP) is 1.18. The molecule has 3 heteroatoms. The van der Waals surface area contributed by atoms with Gasteiger partial charge in [-0.15, -0.1) is 0 Å². The number of rotatable bonds is 4. The van der Waals surface area contributed by atoms with Crippen LogP contribution in [0.3, 0.4) is 0 Å². The zero-order valence-electron chi connectivity index (χ0n) is 9.00. The molecule has 14 heavy (non-hydrogen) atoms. The van der Waals surface area contributed by atoms with E-state index in [0.717, 1.165) is 25.7 Å². The second-order valence-electron chi connectivity index (χ2n) is 4.47. The van der Waals surface area contributed by atoms with Gasteiger partial charge in [-0.2, -0.15) is 0 Å². The minimum absolute atomic E-state index is 0.523. The minimum Gasteiger partial charge on any atom is -0.381 e. The van der Waals surface area contributed by atoms with Crippen molar-refractivity contribution in [3.63, 3.8) is 0 Å². The molecule has 1 aliphatic carbocycles. The van der Waals surface area contributed by atoms with Crippen molar-refractivity contribution in [2.45, 2.75) is 37.8 Å². The van der Waals surface area contributed by atoms with Gasteiger partial charge in [-0.05, 0) is 38.6 Å². The van der Waals surface area contributed by atoms with Crippen LogP contribution in [0.15, 0.2) is 0 Å². The van der Waals surface area contributed by atoms with E-state index in [2.05, 4.69) is 5.32 Å². The van der Waals surface area contributed by atoms with Crippen LogP contribution in [-0.2, 0) is 9.47 Å². The molecule has 3 nitrogen and oxygen atoms in total. The Hall–Kier alpha value is -0.120. The molecule has 2 fully saturated rings. The molecule has 0 radical (unpaired) electrons. The second kappa shape index (κ2) is 5.10. The first-order valence-electron chi connectivity index (χ1n) is 5.75. The number of hydrogen-bond acceptors (Lipinski definition) is 3. The topological polar surface area (TPSA) is 30.5 Å². The molecule has 1 N–H and O–H groups in total. The molecular weight excluding hydrogens is 178 g/mol. The van der Waals surface area contributed by atoms with E-state index >= 15 is 0 Å². The zero-order chi connectivity index (χ0) is 9.80. The standard InChI is InChI=1S/C11H21NO2/c1-12-10-6-11(7-10)14-8-9-2-4-13-5-3-9/h9-12H,2-8H2,1H3. The monoisotopic (exact) mass is 199 g/mol. The van der Waals surface area contributed by atoms with Crippen LogP contribution < -0.4 is 5.32 Å². The summed E-state index contributed by atoms with van der Waals surface area (Å²) in [5.74, 6) is 0.748. The summed E-state index contributed by atoms with van der Waals surface area (Å²) in [5.41, 5.74) is 0. The van der Waals surface area contributed by atoms with Crippen LogP contribution in [0, 0.1) is 5.92 Å². The Morgan fingerprint density at radius 1 is 1.29 bits per heavy atom. The van der Waals surface area contributed by atoms with Crippen molar-refractivity contribution in [1.29, 1.82) is 0 Å². The molecule has 0 atom stereocenters. The SMILES string of the molecule is CNC1CC(OCC2CCOCC2)C1. The normalized spacial score (nSPS) is 34.1. The van der Waals surface area contributed by atoms with E-state index in [9.17, 15) is 0 Å². The van der Waals surface area contributed by atoms with Gasteiger partial charge in [0, 0.05) is 25.9 Å². The predicted molar refractivity (Wildman–Crippen MR) is 55.4 cm³/mol. The molecule has 0 spiro atoms. The fourth-order valence-electron chi connectivity index (χ4n) is 2.12. The van der Waals surface area contributed by atoms with Gasteiger partial charge in [-0.1, -0.05) is 0 Å².